The zero-order valence-electron chi connectivity index (χ0n) is 9.07. The van der Waals surface area contributed by atoms with Crippen molar-refractivity contribution in [3.63, 3.8) is 0 Å². The number of rotatable bonds is 5. The average Bonchev–Trinajstić information content (AvgIpc) is 2.29. The van der Waals surface area contributed by atoms with E-state index < -0.39 is 0 Å². The number of Topliss-reactive ketones (excluding diaryl/α,β-unsaturated/α-hetero) is 1. The predicted octanol–water partition coefficient (Wildman–Crippen LogP) is 3.31. The molecule has 0 amide bonds. The van der Waals surface area contributed by atoms with Crippen LogP contribution in [0.4, 0.5) is 0 Å². The maximum Gasteiger partial charge on any atom is 0.165 e. The van der Waals surface area contributed by atoms with E-state index in [4.69, 9.17) is 6.42 Å². The molecule has 0 saturated heterocycles. The first-order valence-electron chi connectivity index (χ1n) is 5.28. The van der Waals surface area contributed by atoms with E-state index in [1.165, 1.54) is 0 Å². The van der Waals surface area contributed by atoms with E-state index >= 15 is 0 Å². The number of terminal acetylenes is 1. The second-order valence-corrected chi connectivity index (χ2v) is 3.73. The molecule has 1 unspecified atom stereocenters. The van der Waals surface area contributed by atoms with E-state index in [2.05, 4.69) is 5.92 Å². The third-order valence-corrected chi connectivity index (χ3v) is 2.46. The summed E-state index contributed by atoms with van der Waals surface area (Å²) in [6, 6.07) is 9.42. The number of unbranched alkanes of at least 4 members (excludes halogenated alkanes) is 1. The Labute approximate surface area is 91.5 Å². The van der Waals surface area contributed by atoms with Crippen LogP contribution in [0.25, 0.3) is 0 Å². The minimum Gasteiger partial charge on any atom is -0.294 e. The lowest BCUT2D eigenvalue weighted by atomic mass is 9.94. The van der Waals surface area contributed by atoms with Gasteiger partial charge in [0.05, 0.1) is 0 Å². The predicted molar refractivity (Wildman–Crippen MR) is 62.6 cm³/mol. The van der Waals surface area contributed by atoms with Gasteiger partial charge in [0, 0.05) is 17.9 Å². The van der Waals surface area contributed by atoms with Gasteiger partial charge < -0.3 is 0 Å². The van der Waals surface area contributed by atoms with E-state index in [9.17, 15) is 4.79 Å². The van der Waals surface area contributed by atoms with Crippen molar-refractivity contribution in [2.24, 2.45) is 5.92 Å². The van der Waals surface area contributed by atoms with Crippen LogP contribution in [0.3, 0.4) is 0 Å². The molecule has 1 nitrogen and oxygen atoms in total. The Bertz CT molecular complexity index is 345. The molecule has 1 atom stereocenters. The van der Waals surface area contributed by atoms with Gasteiger partial charge in [-0.3, -0.25) is 4.79 Å². The number of ketones is 1. The molecule has 0 aliphatic heterocycles. The topological polar surface area (TPSA) is 17.1 Å². The first kappa shape index (κ1) is 11.5. The molecule has 0 heterocycles. The SMILES string of the molecule is C#CCCCC(C)C(=O)c1ccccc1. The van der Waals surface area contributed by atoms with Crippen LogP contribution in [0.1, 0.15) is 36.5 Å². The molecule has 0 N–H and O–H groups in total. The smallest absolute Gasteiger partial charge is 0.165 e. The van der Waals surface area contributed by atoms with E-state index in [0.717, 1.165) is 24.8 Å². The standard InChI is InChI=1S/C14H16O/c1-3-4-6-9-12(2)14(15)13-10-7-5-8-11-13/h1,5,7-8,10-12H,4,6,9H2,2H3. The van der Waals surface area contributed by atoms with Crippen LogP contribution in [0.5, 0.6) is 0 Å². The Morgan fingerprint density at radius 1 is 1.40 bits per heavy atom. The van der Waals surface area contributed by atoms with Crippen molar-refractivity contribution in [3.05, 3.63) is 35.9 Å². The molecule has 0 radical (unpaired) electrons. The van der Waals surface area contributed by atoms with Gasteiger partial charge >= 0.3 is 0 Å². The van der Waals surface area contributed by atoms with Gasteiger partial charge in [0.15, 0.2) is 5.78 Å². The van der Waals surface area contributed by atoms with Gasteiger partial charge in [0.2, 0.25) is 0 Å². The monoisotopic (exact) mass is 200 g/mol. The highest BCUT2D eigenvalue weighted by atomic mass is 16.1. The van der Waals surface area contributed by atoms with Crippen LogP contribution in [0.15, 0.2) is 30.3 Å². The van der Waals surface area contributed by atoms with E-state index in [1.807, 2.05) is 37.3 Å². The highest BCUT2D eigenvalue weighted by Crippen LogP contribution is 2.14. The van der Waals surface area contributed by atoms with Gasteiger partial charge in [-0.2, -0.15) is 0 Å². The van der Waals surface area contributed by atoms with Gasteiger partial charge in [0.25, 0.3) is 0 Å². The molecule has 1 rings (SSSR count). The zero-order chi connectivity index (χ0) is 11.1. The lowest BCUT2D eigenvalue weighted by Crippen LogP contribution is -2.10. The molecular formula is C14H16O. The summed E-state index contributed by atoms with van der Waals surface area (Å²) in [6.07, 6.45) is 7.72. The number of hydrogen-bond donors (Lipinski definition) is 0. The summed E-state index contributed by atoms with van der Waals surface area (Å²) in [6.45, 7) is 1.96. The van der Waals surface area contributed by atoms with Crippen molar-refractivity contribution >= 4 is 5.78 Å². The van der Waals surface area contributed by atoms with Crippen molar-refractivity contribution in [2.45, 2.75) is 26.2 Å². The van der Waals surface area contributed by atoms with Crippen LogP contribution in [-0.2, 0) is 0 Å². The Kier molecular flexibility index (Phi) is 4.63. The summed E-state index contributed by atoms with van der Waals surface area (Å²) in [5.41, 5.74) is 0.797. The molecule has 0 aromatic heterocycles. The second-order valence-electron chi connectivity index (χ2n) is 3.73. The Balaban J connectivity index is 2.51. The van der Waals surface area contributed by atoms with E-state index in [-0.39, 0.29) is 11.7 Å². The average molecular weight is 200 g/mol. The maximum absolute atomic E-state index is 11.9. The van der Waals surface area contributed by atoms with Gasteiger partial charge in [0.1, 0.15) is 0 Å². The largest absolute Gasteiger partial charge is 0.294 e. The Hall–Kier alpha value is -1.55. The fourth-order valence-corrected chi connectivity index (χ4v) is 1.53. The zero-order valence-corrected chi connectivity index (χ0v) is 9.07. The summed E-state index contributed by atoms with van der Waals surface area (Å²) in [7, 11) is 0. The molecule has 0 fully saturated rings. The molecule has 78 valence electrons. The fraction of sp³-hybridized carbons (Fsp3) is 0.357. The highest BCUT2D eigenvalue weighted by molar-refractivity contribution is 5.97. The minimum absolute atomic E-state index is 0.0701. The van der Waals surface area contributed by atoms with Gasteiger partial charge in [-0.25, -0.2) is 0 Å². The number of carbonyl (C=O) groups excluding carboxylic acids is 1. The second kappa shape index (κ2) is 6.03. The Morgan fingerprint density at radius 3 is 2.67 bits per heavy atom. The summed E-state index contributed by atoms with van der Waals surface area (Å²) >= 11 is 0. The van der Waals surface area contributed by atoms with Crippen LogP contribution >= 0.6 is 0 Å². The fourth-order valence-electron chi connectivity index (χ4n) is 1.53. The third kappa shape index (κ3) is 3.59. The van der Waals surface area contributed by atoms with Crippen LogP contribution in [0.2, 0.25) is 0 Å². The molecule has 0 aliphatic rings. The molecular weight excluding hydrogens is 184 g/mol. The minimum atomic E-state index is 0.0701. The third-order valence-electron chi connectivity index (χ3n) is 2.46. The first-order valence-corrected chi connectivity index (χ1v) is 5.28. The molecule has 1 aromatic carbocycles. The quantitative estimate of drug-likeness (QED) is 0.405. The van der Waals surface area contributed by atoms with E-state index in [1.54, 1.807) is 0 Å². The summed E-state index contributed by atoms with van der Waals surface area (Å²) in [4.78, 5) is 11.9. The van der Waals surface area contributed by atoms with Crippen molar-refractivity contribution in [1.82, 2.24) is 0 Å². The molecule has 0 aliphatic carbocycles. The number of benzene rings is 1. The van der Waals surface area contributed by atoms with Crippen molar-refractivity contribution in [1.29, 1.82) is 0 Å². The van der Waals surface area contributed by atoms with E-state index in [0.29, 0.717) is 0 Å². The molecule has 0 bridgehead atoms. The molecule has 1 aromatic rings. The summed E-state index contributed by atoms with van der Waals surface area (Å²) < 4.78 is 0. The molecule has 0 spiro atoms. The van der Waals surface area contributed by atoms with Crippen LogP contribution in [0, 0.1) is 18.3 Å². The first-order chi connectivity index (χ1) is 7.25. The molecule has 1 heteroatoms. The Morgan fingerprint density at radius 2 is 2.07 bits per heavy atom. The highest BCUT2D eigenvalue weighted by Gasteiger charge is 2.13. The molecule has 15 heavy (non-hydrogen) atoms. The lowest BCUT2D eigenvalue weighted by molar-refractivity contribution is 0.0923. The van der Waals surface area contributed by atoms with Gasteiger partial charge in [-0.05, 0) is 12.8 Å². The summed E-state index contributed by atoms with van der Waals surface area (Å²) in [5, 5.41) is 0. The van der Waals surface area contributed by atoms with Crippen molar-refractivity contribution < 1.29 is 4.79 Å². The van der Waals surface area contributed by atoms with Crippen molar-refractivity contribution in [2.75, 3.05) is 0 Å². The van der Waals surface area contributed by atoms with Gasteiger partial charge in [-0.1, -0.05) is 37.3 Å². The normalized spacial score (nSPS) is 11.7. The lowest BCUT2D eigenvalue weighted by Gasteiger charge is -2.08. The summed E-state index contributed by atoms with van der Waals surface area (Å²) in [5.74, 6) is 2.88. The number of carbonyl (C=O) groups is 1. The maximum atomic E-state index is 11.9. The van der Waals surface area contributed by atoms with Gasteiger partial charge in [-0.15, -0.1) is 12.3 Å². The molecule has 0 saturated carbocycles. The van der Waals surface area contributed by atoms with Crippen LogP contribution in [-0.4, -0.2) is 5.78 Å². The van der Waals surface area contributed by atoms with Crippen molar-refractivity contribution in [3.8, 4) is 12.3 Å². The van der Waals surface area contributed by atoms with Crippen LogP contribution < -0.4 is 0 Å². The number of hydrogen-bond acceptors (Lipinski definition) is 1.